The van der Waals surface area contributed by atoms with Crippen LogP contribution in [0.2, 0.25) is 0 Å². The van der Waals surface area contributed by atoms with E-state index in [0.717, 1.165) is 32.1 Å². The highest BCUT2D eigenvalue weighted by Gasteiger charge is 2.58. The van der Waals surface area contributed by atoms with E-state index >= 15 is 0 Å². The summed E-state index contributed by atoms with van der Waals surface area (Å²) < 4.78 is 16.9. The second-order valence-corrected chi connectivity index (χ2v) is 8.15. The van der Waals surface area contributed by atoms with Gasteiger partial charge < -0.3 is 14.2 Å². The molecule has 0 bridgehead atoms. The van der Waals surface area contributed by atoms with Gasteiger partial charge in [-0.2, -0.15) is 0 Å². The first-order valence-corrected chi connectivity index (χ1v) is 9.83. The topological polar surface area (TPSA) is 65.1 Å². The summed E-state index contributed by atoms with van der Waals surface area (Å²) in [5, 5.41) is 0. The average molecular weight is 374 g/mol. The van der Waals surface area contributed by atoms with E-state index in [9.17, 15) is 9.59 Å². The molecular weight excluding hydrogens is 344 g/mol. The zero-order chi connectivity index (χ0) is 19.6. The smallest absolute Gasteiger partial charge is 0.334 e. The number of rotatable bonds is 2. The molecule has 0 aromatic heterocycles. The Hall–Kier alpha value is -1.88. The fourth-order valence-corrected chi connectivity index (χ4v) is 4.15. The Morgan fingerprint density at radius 2 is 2.04 bits per heavy atom. The van der Waals surface area contributed by atoms with E-state index in [2.05, 4.69) is 32.6 Å². The van der Waals surface area contributed by atoms with E-state index < -0.39 is 5.60 Å². The lowest BCUT2D eigenvalue weighted by molar-refractivity contribution is -0.143. The van der Waals surface area contributed by atoms with Crippen LogP contribution in [0.1, 0.15) is 59.3 Å². The molecule has 2 heterocycles. The summed E-state index contributed by atoms with van der Waals surface area (Å²) in [5.41, 5.74) is 2.68. The van der Waals surface area contributed by atoms with Crippen molar-refractivity contribution >= 4 is 11.9 Å². The van der Waals surface area contributed by atoms with Crippen LogP contribution < -0.4 is 0 Å². The molecule has 1 aliphatic carbocycles. The van der Waals surface area contributed by atoms with E-state index in [0.29, 0.717) is 12.0 Å². The molecule has 0 saturated carbocycles. The number of carbonyl (C=O) groups excluding carboxylic acids is 2. The van der Waals surface area contributed by atoms with E-state index in [1.807, 2.05) is 0 Å². The van der Waals surface area contributed by atoms with Crippen LogP contribution in [0.15, 0.2) is 35.5 Å². The van der Waals surface area contributed by atoms with Crippen LogP contribution in [0.4, 0.5) is 0 Å². The second kappa shape index (κ2) is 8.01. The summed E-state index contributed by atoms with van der Waals surface area (Å²) in [6.07, 6.45) is 9.35. The Balaban J connectivity index is 1.80. The molecule has 27 heavy (non-hydrogen) atoms. The predicted octanol–water partition coefficient (Wildman–Crippen LogP) is 4.03. The zero-order valence-corrected chi connectivity index (χ0v) is 16.6. The molecule has 4 atom stereocenters. The maximum atomic E-state index is 12.1. The van der Waals surface area contributed by atoms with Crippen LogP contribution in [0.25, 0.3) is 0 Å². The predicted molar refractivity (Wildman–Crippen MR) is 102 cm³/mol. The largest absolute Gasteiger partial charge is 0.463 e. The van der Waals surface area contributed by atoms with E-state index in [-0.39, 0.29) is 36.7 Å². The van der Waals surface area contributed by atoms with Gasteiger partial charge in [-0.3, -0.25) is 4.79 Å². The lowest BCUT2D eigenvalue weighted by Gasteiger charge is -2.19. The molecule has 5 nitrogen and oxygen atoms in total. The third-order valence-electron chi connectivity index (χ3n) is 5.93. The van der Waals surface area contributed by atoms with Crippen LogP contribution in [-0.4, -0.2) is 36.4 Å². The van der Waals surface area contributed by atoms with Gasteiger partial charge in [-0.05, 0) is 46.0 Å². The van der Waals surface area contributed by atoms with Crippen molar-refractivity contribution in [2.24, 2.45) is 5.92 Å². The highest BCUT2D eigenvalue weighted by molar-refractivity contribution is 5.90. The normalized spacial score (nSPS) is 38.3. The molecule has 0 aromatic rings. The molecule has 2 aliphatic heterocycles. The Bertz CT molecular complexity index is 689. The van der Waals surface area contributed by atoms with Crippen LogP contribution in [-0.2, 0) is 23.8 Å². The molecule has 3 rings (SSSR count). The van der Waals surface area contributed by atoms with Crippen molar-refractivity contribution in [1.29, 1.82) is 0 Å². The lowest BCUT2D eigenvalue weighted by Crippen LogP contribution is -2.27. The number of esters is 2. The van der Waals surface area contributed by atoms with Gasteiger partial charge in [-0.15, -0.1) is 0 Å². The van der Waals surface area contributed by atoms with E-state index in [1.54, 1.807) is 0 Å². The molecule has 0 N–H and O–H groups in total. The molecule has 0 spiro atoms. The quantitative estimate of drug-likeness (QED) is 0.316. The molecule has 5 heteroatoms. The minimum absolute atomic E-state index is 0.0449. The Morgan fingerprint density at radius 1 is 1.30 bits per heavy atom. The van der Waals surface area contributed by atoms with Gasteiger partial charge in [0.25, 0.3) is 0 Å². The number of carbonyl (C=O) groups is 2. The lowest BCUT2D eigenvalue weighted by atomic mass is 9.85. The fourth-order valence-electron chi connectivity index (χ4n) is 4.15. The molecule has 2 fully saturated rings. The van der Waals surface area contributed by atoms with Crippen molar-refractivity contribution in [1.82, 2.24) is 0 Å². The van der Waals surface area contributed by atoms with Crippen LogP contribution in [0.3, 0.4) is 0 Å². The molecule has 0 amide bonds. The van der Waals surface area contributed by atoms with Crippen molar-refractivity contribution in [3.8, 4) is 0 Å². The van der Waals surface area contributed by atoms with Crippen LogP contribution in [0.5, 0.6) is 0 Å². The zero-order valence-electron chi connectivity index (χ0n) is 16.6. The molecule has 3 aliphatic rings. The van der Waals surface area contributed by atoms with Gasteiger partial charge in [0.05, 0.1) is 6.10 Å². The molecule has 2 saturated heterocycles. The van der Waals surface area contributed by atoms with Gasteiger partial charge in [0, 0.05) is 24.8 Å². The van der Waals surface area contributed by atoms with Gasteiger partial charge in [0.2, 0.25) is 0 Å². The molecule has 0 aromatic carbocycles. The first-order chi connectivity index (χ1) is 12.8. The second-order valence-electron chi connectivity index (χ2n) is 8.15. The first kappa shape index (κ1) is 19.9. The Labute approximate surface area is 161 Å². The summed E-state index contributed by atoms with van der Waals surface area (Å²) in [6, 6.07) is 0. The Kier molecular flexibility index (Phi) is 5.89. The van der Waals surface area contributed by atoms with Gasteiger partial charge in [0.15, 0.2) is 0 Å². The Morgan fingerprint density at radius 3 is 2.78 bits per heavy atom. The number of fused-ring (bicyclic) bond motifs is 2. The molecular formula is C22H30O5. The summed E-state index contributed by atoms with van der Waals surface area (Å²) in [6.45, 7) is 9.88. The van der Waals surface area contributed by atoms with Crippen LogP contribution >= 0.6 is 0 Å². The number of hydrogen-bond donors (Lipinski definition) is 0. The fraction of sp³-hybridized carbons (Fsp3) is 0.636. The minimum Gasteiger partial charge on any atom is -0.463 e. The highest BCUT2D eigenvalue weighted by Crippen LogP contribution is 2.48. The maximum Gasteiger partial charge on any atom is 0.334 e. The summed E-state index contributed by atoms with van der Waals surface area (Å²) in [4.78, 5) is 23.4. The highest BCUT2D eigenvalue weighted by atomic mass is 16.6. The van der Waals surface area contributed by atoms with Crippen molar-refractivity contribution < 1.29 is 23.8 Å². The standard InChI is InChI=1S/C22H30O5/c1-14-7-5-8-15(2)11-19-18(16(3)21(24)26-19)12-20-22(27-20,10-6-9-14)13-25-17(4)23/h8-9,18-20H,3,5-7,10-13H2,1-2,4H3/b14-9+,15-8+/t18-,19+,20+,22+/m0/s1. The number of ether oxygens (including phenoxy) is 3. The average Bonchev–Trinajstić information content (AvgIpc) is 3.21. The first-order valence-electron chi connectivity index (χ1n) is 9.83. The summed E-state index contributed by atoms with van der Waals surface area (Å²) in [7, 11) is 0. The third kappa shape index (κ3) is 4.70. The molecule has 0 radical (unpaired) electrons. The number of allylic oxidation sites excluding steroid dienone is 3. The van der Waals surface area contributed by atoms with Crippen LogP contribution in [0, 0.1) is 5.92 Å². The van der Waals surface area contributed by atoms with E-state index in [1.165, 1.54) is 18.1 Å². The minimum atomic E-state index is -0.450. The van der Waals surface area contributed by atoms with Gasteiger partial charge in [-0.25, -0.2) is 4.79 Å². The van der Waals surface area contributed by atoms with Crippen molar-refractivity contribution in [3.63, 3.8) is 0 Å². The van der Waals surface area contributed by atoms with Gasteiger partial charge in [0.1, 0.15) is 18.3 Å². The molecule has 0 unspecified atom stereocenters. The molecule has 148 valence electrons. The van der Waals surface area contributed by atoms with Crippen molar-refractivity contribution in [2.45, 2.75) is 77.1 Å². The summed E-state index contributed by atoms with van der Waals surface area (Å²) >= 11 is 0. The monoisotopic (exact) mass is 374 g/mol. The van der Waals surface area contributed by atoms with Crippen molar-refractivity contribution in [3.05, 3.63) is 35.5 Å². The third-order valence-corrected chi connectivity index (χ3v) is 5.93. The van der Waals surface area contributed by atoms with Gasteiger partial charge in [-0.1, -0.05) is 29.9 Å². The maximum absolute atomic E-state index is 12.1. The van der Waals surface area contributed by atoms with E-state index in [4.69, 9.17) is 14.2 Å². The van der Waals surface area contributed by atoms with Gasteiger partial charge >= 0.3 is 11.9 Å². The number of hydrogen-bond acceptors (Lipinski definition) is 5. The number of epoxide rings is 1. The summed E-state index contributed by atoms with van der Waals surface area (Å²) in [5.74, 6) is -0.650. The van der Waals surface area contributed by atoms with Crippen molar-refractivity contribution in [2.75, 3.05) is 6.61 Å². The SMILES string of the molecule is C=C1C(=O)O[C@@H]2C/C(C)=C/CC/C(C)=C/CC[C@]3(COC(C)=O)O[C@@H]3C[C@@H]12.